The van der Waals surface area contributed by atoms with Crippen molar-refractivity contribution in [3.05, 3.63) is 33.9 Å². The monoisotopic (exact) mass is 256 g/mol. The molecule has 0 spiro atoms. The summed E-state index contributed by atoms with van der Waals surface area (Å²) in [5, 5.41) is 10.6. The summed E-state index contributed by atoms with van der Waals surface area (Å²) < 4.78 is 26.0. The number of nitrogens with zero attached hydrogens (tertiary/aromatic N) is 2. The van der Waals surface area contributed by atoms with Gasteiger partial charge < -0.3 is 4.90 Å². The first-order valence-electron chi connectivity index (χ1n) is 5.91. The van der Waals surface area contributed by atoms with E-state index in [1.165, 1.54) is 12.1 Å². The third-order valence-corrected chi connectivity index (χ3v) is 3.15. The summed E-state index contributed by atoms with van der Waals surface area (Å²) >= 11 is 0. The van der Waals surface area contributed by atoms with Crippen LogP contribution in [0.1, 0.15) is 31.3 Å². The third-order valence-electron chi connectivity index (χ3n) is 3.15. The molecule has 1 fully saturated rings. The van der Waals surface area contributed by atoms with Gasteiger partial charge in [0.15, 0.2) is 0 Å². The average molecular weight is 256 g/mol. The van der Waals surface area contributed by atoms with E-state index in [2.05, 4.69) is 0 Å². The molecule has 98 valence electrons. The highest BCUT2D eigenvalue weighted by molar-refractivity contribution is 5.58. The van der Waals surface area contributed by atoms with E-state index in [0.29, 0.717) is 5.69 Å². The Balaban J connectivity index is 2.36. The lowest BCUT2D eigenvalue weighted by Gasteiger charge is -2.30. The molecule has 1 aliphatic heterocycles. The van der Waals surface area contributed by atoms with Gasteiger partial charge in [-0.2, -0.15) is 0 Å². The van der Waals surface area contributed by atoms with Gasteiger partial charge in [-0.1, -0.05) is 0 Å². The topological polar surface area (TPSA) is 46.4 Å². The maximum absolute atomic E-state index is 13.0. The maximum atomic E-state index is 13.0. The summed E-state index contributed by atoms with van der Waals surface area (Å²) in [5.41, 5.74) is -0.104. The van der Waals surface area contributed by atoms with Crippen LogP contribution in [0.5, 0.6) is 0 Å². The number of nitro groups is 1. The first-order chi connectivity index (χ1) is 8.59. The molecule has 0 atom stereocenters. The number of halogens is 2. The molecule has 1 heterocycles. The Labute approximate surface area is 103 Å². The Bertz CT molecular complexity index is 446. The fourth-order valence-corrected chi connectivity index (χ4v) is 2.25. The fourth-order valence-electron chi connectivity index (χ4n) is 2.25. The van der Waals surface area contributed by atoms with Gasteiger partial charge in [-0.15, -0.1) is 0 Å². The summed E-state index contributed by atoms with van der Waals surface area (Å²) in [4.78, 5) is 11.8. The first kappa shape index (κ1) is 12.7. The number of piperidine rings is 1. The van der Waals surface area contributed by atoms with Crippen molar-refractivity contribution in [2.24, 2.45) is 0 Å². The van der Waals surface area contributed by atoms with Crippen LogP contribution in [0.2, 0.25) is 0 Å². The van der Waals surface area contributed by atoms with E-state index < -0.39 is 11.3 Å². The molecule has 2 rings (SSSR count). The molecular formula is C12H14F2N2O2. The highest BCUT2D eigenvalue weighted by Gasteiger charge is 2.22. The minimum Gasteiger partial charge on any atom is -0.371 e. The number of nitro benzene ring substituents is 1. The smallest absolute Gasteiger partial charge is 0.270 e. The van der Waals surface area contributed by atoms with E-state index in [0.717, 1.165) is 38.4 Å². The van der Waals surface area contributed by atoms with Crippen LogP contribution in [-0.4, -0.2) is 18.0 Å². The zero-order valence-corrected chi connectivity index (χ0v) is 9.81. The van der Waals surface area contributed by atoms with Crippen molar-refractivity contribution >= 4 is 11.4 Å². The Morgan fingerprint density at radius 2 is 1.89 bits per heavy atom. The fraction of sp³-hybridized carbons (Fsp3) is 0.500. The van der Waals surface area contributed by atoms with Gasteiger partial charge in [-0.3, -0.25) is 10.1 Å². The quantitative estimate of drug-likeness (QED) is 0.614. The molecule has 0 aromatic heterocycles. The molecular weight excluding hydrogens is 242 g/mol. The van der Waals surface area contributed by atoms with Crippen molar-refractivity contribution in [1.29, 1.82) is 0 Å². The number of hydrogen-bond acceptors (Lipinski definition) is 3. The number of anilines is 1. The van der Waals surface area contributed by atoms with Crippen LogP contribution in [0.25, 0.3) is 0 Å². The molecule has 1 aromatic carbocycles. The Kier molecular flexibility index (Phi) is 3.74. The summed E-state index contributed by atoms with van der Waals surface area (Å²) in [5.74, 6) is 0. The second kappa shape index (κ2) is 5.29. The third kappa shape index (κ3) is 2.57. The summed E-state index contributed by atoms with van der Waals surface area (Å²) in [6.07, 6.45) is 0.356. The molecule has 0 amide bonds. The Morgan fingerprint density at radius 1 is 1.22 bits per heavy atom. The summed E-state index contributed by atoms with van der Waals surface area (Å²) in [6, 6.07) is 3.70. The van der Waals surface area contributed by atoms with E-state index in [9.17, 15) is 18.9 Å². The van der Waals surface area contributed by atoms with E-state index in [1.54, 1.807) is 0 Å². The van der Waals surface area contributed by atoms with Crippen LogP contribution in [0.4, 0.5) is 20.2 Å². The second-order valence-corrected chi connectivity index (χ2v) is 4.35. The van der Waals surface area contributed by atoms with Crippen molar-refractivity contribution in [3.8, 4) is 0 Å². The van der Waals surface area contributed by atoms with Crippen molar-refractivity contribution in [3.63, 3.8) is 0 Å². The van der Waals surface area contributed by atoms with Gasteiger partial charge >= 0.3 is 0 Å². The molecule has 0 N–H and O–H groups in total. The Hall–Kier alpha value is -1.72. The molecule has 0 bridgehead atoms. The van der Waals surface area contributed by atoms with E-state index >= 15 is 0 Å². The highest BCUT2D eigenvalue weighted by atomic mass is 19.3. The van der Waals surface area contributed by atoms with Crippen LogP contribution in [0.3, 0.4) is 0 Å². The zero-order valence-electron chi connectivity index (χ0n) is 9.81. The maximum Gasteiger partial charge on any atom is 0.270 e. The SMILES string of the molecule is O=[N+]([O-])c1ccc(N2CCCCC2)c(C(F)F)c1. The van der Waals surface area contributed by atoms with Gasteiger partial charge in [-0.05, 0) is 25.3 Å². The lowest BCUT2D eigenvalue weighted by molar-refractivity contribution is -0.385. The van der Waals surface area contributed by atoms with Crippen molar-refractivity contribution in [2.75, 3.05) is 18.0 Å². The Morgan fingerprint density at radius 3 is 2.44 bits per heavy atom. The van der Waals surface area contributed by atoms with Crippen LogP contribution in [0, 0.1) is 10.1 Å². The number of non-ortho nitro benzene ring substituents is 1. The van der Waals surface area contributed by atoms with Gasteiger partial charge in [0, 0.05) is 36.5 Å². The normalized spacial score (nSPS) is 16.1. The largest absolute Gasteiger partial charge is 0.371 e. The minimum absolute atomic E-state index is 0.244. The van der Waals surface area contributed by atoms with E-state index in [-0.39, 0.29) is 11.3 Å². The lowest BCUT2D eigenvalue weighted by atomic mass is 10.1. The van der Waals surface area contributed by atoms with Crippen LogP contribution >= 0.6 is 0 Å². The van der Waals surface area contributed by atoms with E-state index in [4.69, 9.17) is 0 Å². The van der Waals surface area contributed by atoms with Gasteiger partial charge in [0.05, 0.1) is 4.92 Å². The van der Waals surface area contributed by atoms with E-state index in [1.807, 2.05) is 4.90 Å². The minimum atomic E-state index is -2.69. The predicted molar refractivity (Wildman–Crippen MR) is 64.1 cm³/mol. The molecule has 0 radical (unpaired) electrons. The molecule has 1 aromatic rings. The molecule has 0 unspecified atom stereocenters. The first-order valence-corrected chi connectivity index (χ1v) is 5.91. The number of rotatable bonds is 3. The highest BCUT2D eigenvalue weighted by Crippen LogP contribution is 2.34. The lowest BCUT2D eigenvalue weighted by Crippen LogP contribution is -2.30. The molecule has 1 saturated heterocycles. The number of hydrogen-bond donors (Lipinski definition) is 0. The molecule has 18 heavy (non-hydrogen) atoms. The van der Waals surface area contributed by atoms with Gasteiger partial charge in [0.25, 0.3) is 12.1 Å². The van der Waals surface area contributed by atoms with Crippen LogP contribution in [-0.2, 0) is 0 Å². The molecule has 0 saturated carbocycles. The molecule has 0 aliphatic carbocycles. The van der Waals surface area contributed by atoms with Crippen molar-refractivity contribution < 1.29 is 13.7 Å². The van der Waals surface area contributed by atoms with Gasteiger partial charge in [-0.25, -0.2) is 8.78 Å². The van der Waals surface area contributed by atoms with Crippen LogP contribution in [0.15, 0.2) is 18.2 Å². The second-order valence-electron chi connectivity index (χ2n) is 4.35. The molecule has 1 aliphatic rings. The standard InChI is InChI=1S/C12H14F2N2O2/c13-12(14)10-8-9(16(17)18)4-5-11(10)15-6-2-1-3-7-15/h4-5,8,12H,1-3,6-7H2. The summed E-state index contributed by atoms with van der Waals surface area (Å²) in [7, 11) is 0. The average Bonchev–Trinajstić information content (AvgIpc) is 2.39. The van der Waals surface area contributed by atoms with Gasteiger partial charge in [0.2, 0.25) is 0 Å². The molecule has 6 heteroatoms. The number of alkyl halides is 2. The van der Waals surface area contributed by atoms with Gasteiger partial charge in [0.1, 0.15) is 0 Å². The predicted octanol–water partition coefficient (Wildman–Crippen LogP) is 3.52. The number of benzene rings is 1. The zero-order chi connectivity index (χ0) is 13.1. The van der Waals surface area contributed by atoms with Crippen molar-refractivity contribution in [1.82, 2.24) is 0 Å². The van der Waals surface area contributed by atoms with Crippen LogP contribution < -0.4 is 4.90 Å². The van der Waals surface area contributed by atoms with Crippen molar-refractivity contribution in [2.45, 2.75) is 25.7 Å². The summed E-state index contributed by atoms with van der Waals surface area (Å²) in [6.45, 7) is 1.47. The molecule has 4 nitrogen and oxygen atoms in total.